The summed E-state index contributed by atoms with van der Waals surface area (Å²) in [5.41, 5.74) is -1.17. The second kappa shape index (κ2) is 6.74. The molecule has 1 aromatic carbocycles. The van der Waals surface area contributed by atoms with Gasteiger partial charge in [0.2, 0.25) is 0 Å². The highest BCUT2D eigenvalue weighted by Gasteiger charge is 2.38. The van der Waals surface area contributed by atoms with Crippen molar-refractivity contribution in [3.63, 3.8) is 0 Å². The smallest absolute Gasteiger partial charge is 0.413 e. The van der Waals surface area contributed by atoms with Crippen LogP contribution in [-0.4, -0.2) is 34.3 Å². The third-order valence-corrected chi connectivity index (χ3v) is 2.85. The predicted octanol–water partition coefficient (Wildman–Crippen LogP) is 1.73. The number of benzene rings is 1. The maximum absolute atomic E-state index is 11.7. The van der Waals surface area contributed by atoms with E-state index in [-0.39, 0.29) is 5.75 Å². The summed E-state index contributed by atoms with van der Waals surface area (Å²) in [6, 6.07) is 6.75. The van der Waals surface area contributed by atoms with Gasteiger partial charge in [-0.15, -0.1) is 0 Å². The van der Waals surface area contributed by atoms with E-state index >= 15 is 0 Å². The molecule has 0 radical (unpaired) electrons. The fraction of sp³-hybridized carbons (Fsp3) is 0.357. The largest absolute Gasteiger partial charge is 0.481 e. The average Bonchev–Trinajstić information content (AvgIpc) is 2.35. The second-order valence-corrected chi connectivity index (χ2v) is 5.18. The summed E-state index contributed by atoms with van der Waals surface area (Å²) in [7, 11) is 0. The Morgan fingerprint density at radius 2 is 1.76 bits per heavy atom. The minimum Gasteiger partial charge on any atom is -0.481 e. The van der Waals surface area contributed by atoms with Gasteiger partial charge >= 0.3 is 18.0 Å². The van der Waals surface area contributed by atoms with Gasteiger partial charge in [-0.3, -0.25) is 4.79 Å². The SMILES string of the molecule is CC(C)(CC(=O)O)[C@@H](NC(=O)Oc1ccccc1)C(=O)O. The lowest BCUT2D eigenvalue weighted by molar-refractivity contribution is -0.145. The van der Waals surface area contributed by atoms with Crippen molar-refractivity contribution < 1.29 is 29.3 Å². The molecule has 0 spiro atoms. The van der Waals surface area contributed by atoms with Crippen LogP contribution in [0, 0.1) is 5.41 Å². The van der Waals surface area contributed by atoms with Crippen molar-refractivity contribution in [1.82, 2.24) is 5.32 Å². The number of para-hydroxylation sites is 1. The van der Waals surface area contributed by atoms with Crippen molar-refractivity contribution in [1.29, 1.82) is 0 Å². The first kappa shape index (κ1) is 16.5. The van der Waals surface area contributed by atoms with Crippen LogP contribution in [0.25, 0.3) is 0 Å². The van der Waals surface area contributed by atoms with Crippen molar-refractivity contribution >= 4 is 18.0 Å². The van der Waals surface area contributed by atoms with Gasteiger partial charge in [0.15, 0.2) is 0 Å². The van der Waals surface area contributed by atoms with Gasteiger partial charge in [-0.25, -0.2) is 9.59 Å². The summed E-state index contributed by atoms with van der Waals surface area (Å²) in [4.78, 5) is 33.7. The normalized spacial score (nSPS) is 12.3. The summed E-state index contributed by atoms with van der Waals surface area (Å²) in [5.74, 6) is -2.22. The van der Waals surface area contributed by atoms with Gasteiger partial charge in [-0.2, -0.15) is 0 Å². The topological polar surface area (TPSA) is 113 Å². The average molecular weight is 295 g/mol. The molecule has 0 bridgehead atoms. The van der Waals surface area contributed by atoms with Crippen molar-refractivity contribution in [3.05, 3.63) is 30.3 Å². The number of aliphatic carboxylic acids is 2. The van der Waals surface area contributed by atoms with E-state index in [1.165, 1.54) is 26.0 Å². The molecular weight excluding hydrogens is 278 g/mol. The van der Waals surface area contributed by atoms with Gasteiger partial charge in [-0.1, -0.05) is 32.0 Å². The van der Waals surface area contributed by atoms with Crippen molar-refractivity contribution in [3.8, 4) is 5.75 Å². The zero-order valence-corrected chi connectivity index (χ0v) is 11.7. The van der Waals surface area contributed by atoms with E-state index in [0.29, 0.717) is 0 Å². The summed E-state index contributed by atoms with van der Waals surface area (Å²) in [6.07, 6.45) is -1.36. The van der Waals surface area contributed by atoms with E-state index in [0.717, 1.165) is 0 Å². The first-order chi connectivity index (χ1) is 9.72. The minimum absolute atomic E-state index is 0.259. The quantitative estimate of drug-likeness (QED) is 0.736. The van der Waals surface area contributed by atoms with E-state index in [2.05, 4.69) is 5.32 Å². The number of carbonyl (C=O) groups excluding carboxylic acids is 1. The number of rotatable bonds is 6. The molecule has 0 aromatic heterocycles. The lowest BCUT2D eigenvalue weighted by atomic mass is 9.81. The molecule has 0 fully saturated rings. The molecule has 1 aromatic rings. The molecule has 0 unspecified atom stereocenters. The molecule has 0 heterocycles. The molecule has 21 heavy (non-hydrogen) atoms. The molecule has 0 saturated carbocycles. The Morgan fingerprint density at radius 1 is 1.19 bits per heavy atom. The number of carbonyl (C=O) groups is 3. The maximum Gasteiger partial charge on any atom is 0.413 e. The molecule has 7 heteroatoms. The van der Waals surface area contributed by atoms with Crippen LogP contribution in [0.3, 0.4) is 0 Å². The molecule has 1 atom stereocenters. The number of hydrogen-bond donors (Lipinski definition) is 3. The molecule has 7 nitrogen and oxygen atoms in total. The number of carboxylic acid groups (broad SMARTS) is 2. The van der Waals surface area contributed by atoms with Gasteiger partial charge in [0.25, 0.3) is 0 Å². The highest BCUT2D eigenvalue weighted by Crippen LogP contribution is 2.26. The molecular formula is C14H17NO6. The first-order valence-corrected chi connectivity index (χ1v) is 6.20. The van der Waals surface area contributed by atoms with Crippen LogP contribution in [0.15, 0.2) is 30.3 Å². The summed E-state index contributed by atoms with van der Waals surface area (Å²) in [6.45, 7) is 2.89. The number of hydrogen-bond acceptors (Lipinski definition) is 4. The second-order valence-electron chi connectivity index (χ2n) is 5.18. The number of ether oxygens (including phenoxy) is 1. The van der Waals surface area contributed by atoms with Crippen molar-refractivity contribution in [2.24, 2.45) is 5.41 Å². The molecule has 3 N–H and O–H groups in total. The Kier molecular flexibility index (Phi) is 5.29. The highest BCUT2D eigenvalue weighted by molar-refractivity contribution is 5.82. The molecule has 0 saturated heterocycles. The van der Waals surface area contributed by atoms with E-state index in [4.69, 9.17) is 9.84 Å². The summed E-state index contributed by atoms with van der Waals surface area (Å²) in [5, 5.41) is 20.2. The van der Waals surface area contributed by atoms with Gasteiger partial charge in [-0.05, 0) is 12.1 Å². The van der Waals surface area contributed by atoms with Gasteiger partial charge in [0.1, 0.15) is 11.8 Å². The third kappa shape index (κ3) is 5.13. The van der Waals surface area contributed by atoms with Gasteiger partial charge in [0, 0.05) is 5.41 Å². The lowest BCUT2D eigenvalue weighted by Crippen LogP contribution is -2.51. The number of carboxylic acids is 2. The van der Waals surface area contributed by atoms with E-state index in [1.807, 2.05) is 0 Å². The van der Waals surface area contributed by atoms with Crippen LogP contribution in [0.1, 0.15) is 20.3 Å². The zero-order chi connectivity index (χ0) is 16.0. The number of amides is 1. The lowest BCUT2D eigenvalue weighted by Gasteiger charge is -2.30. The van der Waals surface area contributed by atoms with Crippen molar-refractivity contribution in [2.75, 3.05) is 0 Å². The van der Waals surface area contributed by atoms with Gasteiger partial charge < -0.3 is 20.3 Å². The molecule has 0 aliphatic heterocycles. The highest BCUT2D eigenvalue weighted by atomic mass is 16.6. The fourth-order valence-electron chi connectivity index (χ4n) is 1.83. The Hall–Kier alpha value is -2.57. The first-order valence-electron chi connectivity index (χ1n) is 6.20. The van der Waals surface area contributed by atoms with Crippen LogP contribution in [0.5, 0.6) is 5.75 Å². The van der Waals surface area contributed by atoms with E-state index < -0.39 is 35.9 Å². The van der Waals surface area contributed by atoms with Crippen LogP contribution >= 0.6 is 0 Å². The number of nitrogens with one attached hydrogen (secondary N) is 1. The van der Waals surface area contributed by atoms with Crippen LogP contribution in [0.4, 0.5) is 4.79 Å². The molecule has 1 amide bonds. The maximum atomic E-state index is 11.7. The standard InChI is InChI=1S/C14H17NO6/c1-14(2,8-10(16)17)11(12(18)19)15-13(20)21-9-6-4-3-5-7-9/h3-7,11H,8H2,1-2H3,(H,15,20)(H,16,17)(H,18,19)/t11-/m0/s1. The van der Waals surface area contributed by atoms with Crippen LogP contribution in [-0.2, 0) is 9.59 Å². The minimum atomic E-state index is -1.38. The molecule has 0 aliphatic carbocycles. The predicted molar refractivity (Wildman–Crippen MR) is 73.1 cm³/mol. The van der Waals surface area contributed by atoms with Crippen molar-refractivity contribution in [2.45, 2.75) is 26.3 Å². The monoisotopic (exact) mass is 295 g/mol. The third-order valence-electron chi connectivity index (χ3n) is 2.85. The van der Waals surface area contributed by atoms with E-state index in [1.54, 1.807) is 18.2 Å². The molecule has 114 valence electrons. The Balaban J connectivity index is 2.77. The molecule has 0 aliphatic rings. The summed E-state index contributed by atoms with van der Waals surface area (Å²) >= 11 is 0. The Labute approximate surface area is 121 Å². The molecule has 1 rings (SSSR count). The summed E-state index contributed by atoms with van der Waals surface area (Å²) < 4.78 is 4.93. The van der Waals surface area contributed by atoms with Gasteiger partial charge in [0.05, 0.1) is 6.42 Å². The van der Waals surface area contributed by atoms with Crippen LogP contribution < -0.4 is 10.1 Å². The Morgan fingerprint density at radius 3 is 2.24 bits per heavy atom. The Bertz CT molecular complexity index is 526. The van der Waals surface area contributed by atoms with Crippen LogP contribution in [0.2, 0.25) is 0 Å². The fourth-order valence-corrected chi connectivity index (χ4v) is 1.83. The zero-order valence-electron chi connectivity index (χ0n) is 11.7. The van der Waals surface area contributed by atoms with E-state index in [9.17, 15) is 19.5 Å².